The molecule has 0 bridgehead atoms. The molecule has 0 radical (unpaired) electrons. The molecule has 0 unspecified atom stereocenters. The first kappa shape index (κ1) is 19.4. The highest BCUT2D eigenvalue weighted by Gasteiger charge is 2.52. The van der Waals surface area contributed by atoms with Crippen LogP contribution in [0.3, 0.4) is 0 Å². The molecule has 0 spiro atoms. The Bertz CT molecular complexity index is 1030. The Kier molecular flexibility index (Phi) is 4.86. The van der Waals surface area contributed by atoms with Gasteiger partial charge in [0.25, 0.3) is 11.8 Å². The molecule has 2 aromatic rings. The average molecular weight is 408 g/mol. The predicted molar refractivity (Wildman–Crippen MR) is 106 cm³/mol. The third kappa shape index (κ3) is 3.24. The van der Waals surface area contributed by atoms with Gasteiger partial charge in [-0.1, -0.05) is 49.4 Å². The number of nitrogens with one attached hydrogen (secondary N) is 3. The first-order chi connectivity index (χ1) is 14.4. The summed E-state index contributed by atoms with van der Waals surface area (Å²) in [4.78, 5) is 50.2. The molecule has 9 heteroatoms. The molecule has 30 heavy (non-hydrogen) atoms. The molecule has 0 aromatic heterocycles. The summed E-state index contributed by atoms with van der Waals surface area (Å²) >= 11 is 0. The van der Waals surface area contributed by atoms with E-state index in [0.717, 1.165) is 0 Å². The van der Waals surface area contributed by atoms with Gasteiger partial charge in [0.05, 0.1) is 12.1 Å². The van der Waals surface area contributed by atoms with Crippen LogP contribution < -0.4 is 20.8 Å². The molecule has 9 nitrogen and oxygen atoms in total. The second-order valence-electron chi connectivity index (χ2n) is 7.03. The number of rotatable bonds is 5. The average Bonchev–Trinajstić information content (AvgIpc) is 3.00. The monoisotopic (exact) mass is 408 g/mol. The number of carbonyl (C=O) groups is 4. The van der Waals surface area contributed by atoms with Crippen molar-refractivity contribution in [1.29, 1.82) is 0 Å². The molecule has 3 N–H and O–H groups in total. The van der Waals surface area contributed by atoms with Gasteiger partial charge in [-0.05, 0) is 24.1 Å². The van der Waals surface area contributed by atoms with E-state index in [-0.39, 0.29) is 6.42 Å². The van der Waals surface area contributed by atoms with Crippen molar-refractivity contribution >= 4 is 29.4 Å². The van der Waals surface area contributed by atoms with E-state index >= 15 is 0 Å². The van der Waals surface area contributed by atoms with Crippen molar-refractivity contribution in [2.75, 3.05) is 5.32 Å². The molecule has 5 amide bonds. The standard InChI is InChI=1S/C21H20N4O5/c1-2-21(13-8-4-3-5-9-13)19(28)25(20(29)23-21)24-17(26)12-16-18(27)22-14-10-6-7-11-15(14)30-16/h3-11,16H,2,12H2,1H3,(H,22,27)(H,23,29)(H,24,26)/t16-,21-/m0/s1. The van der Waals surface area contributed by atoms with Gasteiger partial charge >= 0.3 is 6.03 Å². The molecule has 4 rings (SSSR count). The maximum absolute atomic E-state index is 13.0. The van der Waals surface area contributed by atoms with Gasteiger partial charge in [0.1, 0.15) is 11.3 Å². The number of anilines is 1. The Hall–Kier alpha value is -3.88. The van der Waals surface area contributed by atoms with Gasteiger partial charge in [-0.25, -0.2) is 4.79 Å². The zero-order valence-corrected chi connectivity index (χ0v) is 16.2. The van der Waals surface area contributed by atoms with E-state index in [1.807, 2.05) is 0 Å². The largest absolute Gasteiger partial charge is 0.478 e. The van der Waals surface area contributed by atoms with Crippen LogP contribution in [0.1, 0.15) is 25.3 Å². The Morgan fingerprint density at radius 3 is 2.53 bits per heavy atom. The first-order valence-corrected chi connectivity index (χ1v) is 9.53. The lowest BCUT2D eigenvalue weighted by atomic mass is 9.87. The van der Waals surface area contributed by atoms with Crippen LogP contribution in [0.25, 0.3) is 0 Å². The molecular weight excluding hydrogens is 388 g/mol. The summed E-state index contributed by atoms with van der Waals surface area (Å²) in [6.45, 7) is 1.77. The molecule has 0 saturated carbocycles. The highest BCUT2D eigenvalue weighted by Crippen LogP contribution is 2.32. The maximum atomic E-state index is 13.0. The molecule has 1 saturated heterocycles. The van der Waals surface area contributed by atoms with Crippen LogP contribution in [0.4, 0.5) is 10.5 Å². The summed E-state index contributed by atoms with van der Waals surface area (Å²) in [5.41, 5.74) is 2.18. The van der Waals surface area contributed by atoms with E-state index in [4.69, 9.17) is 4.74 Å². The van der Waals surface area contributed by atoms with Crippen molar-refractivity contribution in [3.05, 3.63) is 60.2 Å². The van der Waals surface area contributed by atoms with E-state index < -0.39 is 35.4 Å². The van der Waals surface area contributed by atoms with E-state index in [0.29, 0.717) is 28.4 Å². The van der Waals surface area contributed by atoms with Crippen molar-refractivity contribution < 1.29 is 23.9 Å². The molecule has 154 valence electrons. The molecule has 2 aliphatic rings. The van der Waals surface area contributed by atoms with Crippen LogP contribution in [-0.2, 0) is 19.9 Å². The second kappa shape index (κ2) is 7.51. The van der Waals surface area contributed by atoms with Gasteiger partial charge < -0.3 is 15.4 Å². The fourth-order valence-electron chi connectivity index (χ4n) is 3.60. The lowest BCUT2D eigenvalue weighted by molar-refractivity contribution is -0.140. The Labute approximate surface area is 172 Å². The number of fused-ring (bicyclic) bond motifs is 1. The number of hydrogen-bond donors (Lipinski definition) is 3. The van der Waals surface area contributed by atoms with Gasteiger partial charge in [-0.3, -0.25) is 19.8 Å². The van der Waals surface area contributed by atoms with Gasteiger partial charge in [-0.2, -0.15) is 5.01 Å². The van der Waals surface area contributed by atoms with Crippen LogP contribution in [0.5, 0.6) is 5.75 Å². The molecule has 1 fully saturated rings. The first-order valence-electron chi connectivity index (χ1n) is 9.53. The SMILES string of the molecule is CC[C@@]1(c2ccccc2)NC(=O)N(NC(=O)C[C@@H]2Oc3ccccc3NC2=O)C1=O. The smallest absolute Gasteiger partial charge is 0.344 e. The molecule has 2 heterocycles. The fraction of sp³-hybridized carbons (Fsp3) is 0.238. The Morgan fingerprint density at radius 1 is 1.10 bits per heavy atom. The molecule has 0 aliphatic carbocycles. The van der Waals surface area contributed by atoms with E-state index in [1.54, 1.807) is 61.5 Å². The van der Waals surface area contributed by atoms with E-state index in [9.17, 15) is 19.2 Å². The number of nitrogens with zero attached hydrogens (tertiary/aromatic N) is 1. The van der Waals surface area contributed by atoms with Gasteiger partial charge in [0, 0.05) is 0 Å². The van der Waals surface area contributed by atoms with E-state index in [2.05, 4.69) is 16.1 Å². The molecular formula is C21H20N4O5. The van der Waals surface area contributed by atoms with E-state index in [1.165, 1.54) is 0 Å². The van der Waals surface area contributed by atoms with Crippen molar-refractivity contribution in [1.82, 2.24) is 15.8 Å². The minimum atomic E-state index is -1.26. The van der Waals surface area contributed by atoms with Crippen LogP contribution >= 0.6 is 0 Å². The number of ether oxygens (including phenoxy) is 1. The summed E-state index contributed by atoms with van der Waals surface area (Å²) in [6, 6.07) is 14.9. The third-order valence-corrected chi connectivity index (χ3v) is 5.20. The summed E-state index contributed by atoms with van der Waals surface area (Å²) < 4.78 is 5.59. The number of carbonyl (C=O) groups excluding carboxylic acids is 4. The van der Waals surface area contributed by atoms with Crippen LogP contribution in [0.2, 0.25) is 0 Å². The molecule has 2 atom stereocenters. The number of amides is 5. The van der Waals surface area contributed by atoms with Crippen molar-refractivity contribution in [2.24, 2.45) is 0 Å². The fourth-order valence-corrected chi connectivity index (χ4v) is 3.60. The Balaban J connectivity index is 1.47. The summed E-state index contributed by atoms with van der Waals surface area (Å²) in [6.07, 6.45) is -1.13. The highest BCUT2D eigenvalue weighted by atomic mass is 16.5. The molecule has 2 aliphatic heterocycles. The van der Waals surface area contributed by atoms with Crippen LogP contribution in [0.15, 0.2) is 54.6 Å². The summed E-state index contributed by atoms with van der Waals surface area (Å²) in [5, 5.41) is 6.00. The number of benzene rings is 2. The minimum Gasteiger partial charge on any atom is -0.478 e. The lowest BCUT2D eigenvalue weighted by Crippen LogP contribution is -2.50. The zero-order valence-electron chi connectivity index (χ0n) is 16.2. The zero-order chi connectivity index (χ0) is 21.3. The quantitative estimate of drug-likeness (QED) is 0.651. The van der Waals surface area contributed by atoms with Crippen LogP contribution in [0, 0.1) is 0 Å². The topological polar surface area (TPSA) is 117 Å². The van der Waals surface area contributed by atoms with Gasteiger partial charge in [0.2, 0.25) is 5.91 Å². The third-order valence-electron chi connectivity index (χ3n) is 5.20. The number of imide groups is 1. The number of para-hydroxylation sites is 2. The van der Waals surface area contributed by atoms with Gasteiger partial charge in [-0.15, -0.1) is 0 Å². The van der Waals surface area contributed by atoms with Gasteiger partial charge in [0.15, 0.2) is 6.10 Å². The van der Waals surface area contributed by atoms with Crippen molar-refractivity contribution in [3.63, 3.8) is 0 Å². The normalized spacial score (nSPS) is 22.6. The van der Waals surface area contributed by atoms with Crippen molar-refractivity contribution in [3.8, 4) is 5.75 Å². The van der Waals surface area contributed by atoms with Crippen molar-refractivity contribution in [2.45, 2.75) is 31.4 Å². The summed E-state index contributed by atoms with van der Waals surface area (Å²) in [7, 11) is 0. The number of hydrazine groups is 1. The lowest BCUT2D eigenvalue weighted by Gasteiger charge is -2.26. The second-order valence-corrected chi connectivity index (χ2v) is 7.03. The molecule has 2 aromatic carbocycles. The summed E-state index contributed by atoms with van der Waals surface area (Å²) in [5.74, 6) is -1.32. The predicted octanol–water partition coefficient (Wildman–Crippen LogP) is 1.66. The maximum Gasteiger partial charge on any atom is 0.344 e. The minimum absolute atomic E-state index is 0.304. The number of hydrogen-bond acceptors (Lipinski definition) is 5. The Morgan fingerprint density at radius 2 is 1.80 bits per heavy atom. The number of urea groups is 1. The van der Waals surface area contributed by atoms with Crippen LogP contribution in [-0.4, -0.2) is 34.9 Å². The highest BCUT2D eigenvalue weighted by molar-refractivity contribution is 6.08.